The molecule has 0 atom stereocenters. The van der Waals surface area contributed by atoms with Gasteiger partial charge < -0.3 is 10.7 Å². The van der Waals surface area contributed by atoms with Crippen molar-refractivity contribution in [3.05, 3.63) is 16.3 Å². The van der Waals surface area contributed by atoms with E-state index in [1.54, 1.807) is 11.5 Å². The van der Waals surface area contributed by atoms with E-state index in [0.29, 0.717) is 22.8 Å². The van der Waals surface area contributed by atoms with Crippen molar-refractivity contribution < 1.29 is 0 Å². The van der Waals surface area contributed by atoms with Gasteiger partial charge in [0, 0.05) is 5.54 Å². The van der Waals surface area contributed by atoms with Crippen LogP contribution in [-0.2, 0) is 5.54 Å². The Morgan fingerprint density at radius 3 is 2.50 bits per heavy atom. The molecule has 2 heterocycles. The van der Waals surface area contributed by atoms with E-state index in [1.807, 2.05) is 20.8 Å². The molecule has 0 radical (unpaired) electrons. The van der Waals surface area contributed by atoms with Crippen molar-refractivity contribution in [3.63, 3.8) is 0 Å². The molecule has 0 spiro atoms. The minimum atomic E-state index is -0.345. The van der Waals surface area contributed by atoms with E-state index in [-0.39, 0.29) is 11.2 Å². The highest BCUT2D eigenvalue weighted by Gasteiger charge is 2.21. The fourth-order valence-electron chi connectivity index (χ4n) is 1.74. The van der Waals surface area contributed by atoms with Gasteiger partial charge in [0.2, 0.25) is 0 Å². The number of nitrogens with one attached hydrogen (secondary N) is 1. The van der Waals surface area contributed by atoms with Gasteiger partial charge in [0.05, 0.1) is 0 Å². The van der Waals surface area contributed by atoms with Crippen molar-refractivity contribution in [1.29, 1.82) is 0 Å². The third-order valence-corrected chi connectivity index (χ3v) is 2.35. The summed E-state index contributed by atoms with van der Waals surface area (Å²) in [5.41, 5.74) is 6.25. The summed E-state index contributed by atoms with van der Waals surface area (Å²) in [6.45, 7) is 7.57. The molecule has 0 aliphatic carbocycles. The molecule has 0 bridgehead atoms. The van der Waals surface area contributed by atoms with Crippen LogP contribution >= 0.6 is 0 Å². The Hall–Kier alpha value is -1.85. The molecule has 86 valence electrons. The zero-order valence-corrected chi connectivity index (χ0v) is 9.83. The molecule has 0 fully saturated rings. The first-order valence-corrected chi connectivity index (χ1v) is 5.06. The fourth-order valence-corrected chi connectivity index (χ4v) is 1.74. The maximum absolute atomic E-state index is 11.8. The van der Waals surface area contributed by atoms with Crippen molar-refractivity contribution in [3.8, 4) is 0 Å². The largest absolute Gasteiger partial charge is 0.382 e. The van der Waals surface area contributed by atoms with Gasteiger partial charge in [0.25, 0.3) is 0 Å². The number of nitrogens with zero attached hydrogens (tertiary/aromatic N) is 3. The Labute approximate surface area is 92.5 Å². The lowest BCUT2D eigenvalue weighted by molar-refractivity contribution is 0.395. The van der Waals surface area contributed by atoms with Gasteiger partial charge in [-0.25, -0.2) is 14.8 Å². The summed E-state index contributed by atoms with van der Waals surface area (Å²) in [6, 6.07) is 0. The van der Waals surface area contributed by atoms with Crippen LogP contribution in [0.2, 0.25) is 0 Å². The number of hydrogen-bond acceptors (Lipinski definition) is 4. The van der Waals surface area contributed by atoms with Crippen LogP contribution in [0, 0.1) is 6.92 Å². The van der Waals surface area contributed by atoms with E-state index < -0.39 is 0 Å². The summed E-state index contributed by atoms with van der Waals surface area (Å²) < 4.78 is 1.59. The SMILES string of the molecule is Cc1nc(N)c2[nH]c(=O)n(C(C)(C)C)c2n1. The number of aromatic nitrogens is 4. The van der Waals surface area contributed by atoms with Gasteiger partial charge in [0.1, 0.15) is 11.3 Å². The second-order valence-corrected chi connectivity index (χ2v) is 4.79. The number of aromatic amines is 1. The molecular weight excluding hydrogens is 206 g/mol. The Kier molecular flexibility index (Phi) is 2.04. The normalized spacial score (nSPS) is 12.2. The molecule has 2 rings (SSSR count). The predicted octanol–water partition coefficient (Wildman–Crippen LogP) is 0.765. The molecule has 0 amide bonds. The number of fused-ring (bicyclic) bond motifs is 1. The van der Waals surface area contributed by atoms with E-state index in [0.717, 1.165) is 0 Å². The number of H-pyrrole nitrogens is 1. The Bertz CT molecular complexity index is 602. The first-order chi connectivity index (χ1) is 7.30. The maximum Gasteiger partial charge on any atom is 0.328 e. The number of hydrogen-bond donors (Lipinski definition) is 2. The van der Waals surface area contributed by atoms with E-state index in [2.05, 4.69) is 15.0 Å². The molecule has 2 aromatic heterocycles. The predicted molar refractivity (Wildman–Crippen MR) is 62.3 cm³/mol. The minimum Gasteiger partial charge on any atom is -0.382 e. The second kappa shape index (κ2) is 3.07. The minimum absolute atomic E-state index is 0.214. The summed E-state index contributed by atoms with van der Waals surface area (Å²) >= 11 is 0. The highest BCUT2D eigenvalue weighted by atomic mass is 16.1. The van der Waals surface area contributed by atoms with Gasteiger partial charge in [-0.1, -0.05) is 0 Å². The summed E-state index contributed by atoms with van der Waals surface area (Å²) in [7, 11) is 0. The maximum atomic E-state index is 11.8. The van der Waals surface area contributed by atoms with Crippen LogP contribution in [0.25, 0.3) is 11.2 Å². The van der Waals surface area contributed by atoms with Crippen LogP contribution in [0.1, 0.15) is 26.6 Å². The summed E-state index contributed by atoms with van der Waals surface area (Å²) in [5, 5.41) is 0. The van der Waals surface area contributed by atoms with Crippen molar-refractivity contribution in [1.82, 2.24) is 19.5 Å². The lowest BCUT2D eigenvalue weighted by Crippen LogP contribution is -2.32. The highest BCUT2D eigenvalue weighted by Crippen LogP contribution is 2.20. The molecule has 2 aromatic rings. The standard InChI is InChI=1S/C10H15N5O/c1-5-12-7(11)6-8(13-5)15(9(16)14-6)10(2,3)4/h1-4H3,(H,14,16)(H2,11,12,13). The first kappa shape index (κ1) is 10.7. The van der Waals surface area contributed by atoms with Crippen LogP contribution in [0.15, 0.2) is 4.79 Å². The fraction of sp³-hybridized carbons (Fsp3) is 0.500. The molecule has 0 unspecified atom stereocenters. The number of nitrogens with two attached hydrogens (primary N) is 1. The van der Waals surface area contributed by atoms with E-state index in [4.69, 9.17) is 5.73 Å². The molecule has 6 heteroatoms. The van der Waals surface area contributed by atoms with Crippen molar-refractivity contribution in [2.75, 3.05) is 5.73 Å². The molecule has 0 aromatic carbocycles. The van der Waals surface area contributed by atoms with Gasteiger partial charge in [-0.05, 0) is 27.7 Å². The van der Waals surface area contributed by atoms with Crippen molar-refractivity contribution in [2.45, 2.75) is 33.2 Å². The zero-order chi connectivity index (χ0) is 12.1. The average molecular weight is 221 g/mol. The third-order valence-electron chi connectivity index (χ3n) is 2.35. The quantitative estimate of drug-likeness (QED) is 0.687. The van der Waals surface area contributed by atoms with Gasteiger partial charge in [-0.2, -0.15) is 0 Å². The van der Waals surface area contributed by atoms with Gasteiger partial charge in [0.15, 0.2) is 11.5 Å². The second-order valence-electron chi connectivity index (χ2n) is 4.79. The first-order valence-electron chi connectivity index (χ1n) is 5.06. The van der Waals surface area contributed by atoms with Crippen LogP contribution < -0.4 is 11.4 Å². The molecule has 16 heavy (non-hydrogen) atoms. The van der Waals surface area contributed by atoms with E-state index in [1.165, 1.54) is 0 Å². The van der Waals surface area contributed by atoms with Crippen LogP contribution in [-0.4, -0.2) is 19.5 Å². The number of rotatable bonds is 0. The smallest absolute Gasteiger partial charge is 0.328 e. The van der Waals surface area contributed by atoms with Crippen LogP contribution in [0.4, 0.5) is 5.82 Å². The Morgan fingerprint density at radius 2 is 1.94 bits per heavy atom. The van der Waals surface area contributed by atoms with Gasteiger partial charge in [-0.15, -0.1) is 0 Å². The number of aryl methyl sites for hydroxylation is 1. The molecule has 0 saturated heterocycles. The lowest BCUT2D eigenvalue weighted by atomic mass is 10.1. The molecule has 0 aliphatic rings. The zero-order valence-electron chi connectivity index (χ0n) is 9.83. The monoisotopic (exact) mass is 221 g/mol. The molecule has 0 saturated carbocycles. The van der Waals surface area contributed by atoms with Crippen LogP contribution in [0.3, 0.4) is 0 Å². The summed E-state index contributed by atoms with van der Waals surface area (Å²) in [6.07, 6.45) is 0. The topological polar surface area (TPSA) is 89.6 Å². The third kappa shape index (κ3) is 1.46. The molecule has 0 aliphatic heterocycles. The van der Waals surface area contributed by atoms with Gasteiger partial charge in [-0.3, -0.25) is 4.57 Å². The average Bonchev–Trinajstić information content (AvgIpc) is 2.40. The van der Waals surface area contributed by atoms with Crippen molar-refractivity contribution >= 4 is 17.0 Å². The Balaban J connectivity index is 2.95. The molecule has 3 N–H and O–H groups in total. The molecular formula is C10H15N5O. The summed E-state index contributed by atoms with van der Waals surface area (Å²) in [4.78, 5) is 22.8. The number of anilines is 1. The number of nitrogen functional groups attached to an aromatic ring is 1. The van der Waals surface area contributed by atoms with Crippen molar-refractivity contribution in [2.24, 2.45) is 0 Å². The summed E-state index contributed by atoms with van der Waals surface area (Å²) in [5.74, 6) is 0.865. The lowest BCUT2D eigenvalue weighted by Gasteiger charge is -2.19. The van der Waals surface area contributed by atoms with E-state index >= 15 is 0 Å². The Morgan fingerprint density at radius 1 is 1.31 bits per heavy atom. The van der Waals surface area contributed by atoms with E-state index in [9.17, 15) is 4.79 Å². The van der Waals surface area contributed by atoms with Crippen LogP contribution in [0.5, 0.6) is 0 Å². The number of imidazole rings is 1. The van der Waals surface area contributed by atoms with Gasteiger partial charge >= 0.3 is 5.69 Å². The highest BCUT2D eigenvalue weighted by molar-refractivity contribution is 5.81. The molecule has 6 nitrogen and oxygen atoms in total.